The van der Waals surface area contributed by atoms with Gasteiger partial charge >= 0.3 is 0 Å². The van der Waals surface area contributed by atoms with Crippen molar-refractivity contribution in [3.63, 3.8) is 0 Å². The van der Waals surface area contributed by atoms with Crippen LogP contribution in [0, 0.1) is 5.92 Å². The number of rotatable bonds is 6. The molecule has 2 N–H and O–H groups in total. The van der Waals surface area contributed by atoms with Crippen molar-refractivity contribution in [1.29, 1.82) is 0 Å². The molecule has 124 valence electrons. The maximum absolute atomic E-state index is 12.2. The first-order chi connectivity index (χ1) is 11.7. The topological polar surface area (TPSA) is 67.4 Å². The lowest BCUT2D eigenvalue weighted by molar-refractivity contribution is -0.122. The molecule has 1 aliphatic carbocycles. The van der Waals surface area contributed by atoms with Gasteiger partial charge in [0, 0.05) is 23.7 Å². The number of amides is 2. The van der Waals surface area contributed by atoms with E-state index in [0.717, 1.165) is 24.2 Å². The van der Waals surface area contributed by atoms with E-state index >= 15 is 0 Å². The van der Waals surface area contributed by atoms with Gasteiger partial charge in [0.2, 0.25) is 5.91 Å². The van der Waals surface area contributed by atoms with Crippen molar-refractivity contribution in [1.82, 2.24) is 5.32 Å². The molecule has 1 fully saturated rings. The Morgan fingerprint density at radius 3 is 2.29 bits per heavy atom. The van der Waals surface area contributed by atoms with Crippen LogP contribution in [0.2, 0.25) is 0 Å². The molecule has 24 heavy (non-hydrogen) atoms. The largest absolute Gasteiger partial charge is 0.497 e. The van der Waals surface area contributed by atoms with Gasteiger partial charge in [0.05, 0.1) is 7.11 Å². The standard InChI is InChI=1S/C19H20N2O3/c1-24-17-10-8-16(9-11-17)21-19(23)15-4-2-13(3-5-15)12-20-18(22)14-6-7-14/h2-5,8-11,14H,6-7,12H2,1H3,(H,20,22)(H,21,23). The lowest BCUT2D eigenvalue weighted by Gasteiger charge is -2.08. The molecular formula is C19H20N2O3. The molecule has 5 heteroatoms. The number of hydrogen-bond acceptors (Lipinski definition) is 3. The van der Waals surface area contributed by atoms with Crippen molar-refractivity contribution in [2.24, 2.45) is 5.92 Å². The Balaban J connectivity index is 1.55. The summed E-state index contributed by atoms with van der Waals surface area (Å²) in [6, 6.07) is 14.4. The van der Waals surface area contributed by atoms with Crippen molar-refractivity contribution in [2.75, 3.05) is 12.4 Å². The Labute approximate surface area is 141 Å². The van der Waals surface area contributed by atoms with Gasteiger partial charge in [0.25, 0.3) is 5.91 Å². The zero-order valence-corrected chi connectivity index (χ0v) is 13.5. The molecule has 0 unspecified atom stereocenters. The number of anilines is 1. The zero-order chi connectivity index (χ0) is 16.9. The van der Waals surface area contributed by atoms with Gasteiger partial charge in [-0.05, 0) is 54.8 Å². The lowest BCUT2D eigenvalue weighted by Crippen LogP contribution is -2.24. The van der Waals surface area contributed by atoms with Crippen LogP contribution in [0.25, 0.3) is 0 Å². The molecule has 5 nitrogen and oxygen atoms in total. The smallest absolute Gasteiger partial charge is 0.255 e. The number of benzene rings is 2. The highest BCUT2D eigenvalue weighted by Gasteiger charge is 2.29. The van der Waals surface area contributed by atoms with Gasteiger partial charge in [-0.1, -0.05) is 12.1 Å². The van der Waals surface area contributed by atoms with E-state index in [1.54, 1.807) is 43.5 Å². The maximum Gasteiger partial charge on any atom is 0.255 e. The van der Waals surface area contributed by atoms with Crippen LogP contribution in [0.5, 0.6) is 5.75 Å². The molecule has 1 aliphatic rings. The van der Waals surface area contributed by atoms with Gasteiger partial charge in [-0.2, -0.15) is 0 Å². The van der Waals surface area contributed by atoms with Crippen molar-refractivity contribution >= 4 is 17.5 Å². The van der Waals surface area contributed by atoms with Crippen LogP contribution in [0.3, 0.4) is 0 Å². The predicted molar refractivity (Wildman–Crippen MR) is 92.0 cm³/mol. The van der Waals surface area contributed by atoms with E-state index in [9.17, 15) is 9.59 Å². The van der Waals surface area contributed by atoms with E-state index in [4.69, 9.17) is 4.74 Å². The molecule has 2 aromatic carbocycles. The Kier molecular flexibility index (Phi) is 4.79. The molecular weight excluding hydrogens is 304 g/mol. The fraction of sp³-hybridized carbons (Fsp3) is 0.263. The van der Waals surface area contributed by atoms with Crippen LogP contribution in [0.1, 0.15) is 28.8 Å². The third-order valence-electron chi connectivity index (χ3n) is 3.98. The monoisotopic (exact) mass is 324 g/mol. The highest BCUT2D eigenvalue weighted by molar-refractivity contribution is 6.04. The first-order valence-electron chi connectivity index (χ1n) is 7.98. The van der Waals surface area contributed by atoms with E-state index in [1.165, 1.54) is 0 Å². The second-order valence-electron chi connectivity index (χ2n) is 5.87. The summed E-state index contributed by atoms with van der Waals surface area (Å²) >= 11 is 0. The third kappa shape index (κ3) is 4.13. The van der Waals surface area contributed by atoms with Gasteiger partial charge < -0.3 is 15.4 Å². The van der Waals surface area contributed by atoms with Gasteiger partial charge in [0.1, 0.15) is 5.75 Å². The summed E-state index contributed by atoms with van der Waals surface area (Å²) in [6.07, 6.45) is 1.99. The summed E-state index contributed by atoms with van der Waals surface area (Å²) in [5.74, 6) is 0.898. The number of ether oxygens (including phenoxy) is 1. The fourth-order valence-electron chi connectivity index (χ4n) is 2.33. The number of methoxy groups -OCH3 is 1. The highest BCUT2D eigenvalue weighted by Crippen LogP contribution is 2.28. The molecule has 0 bridgehead atoms. The molecule has 2 aromatic rings. The summed E-state index contributed by atoms with van der Waals surface area (Å²) in [4.78, 5) is 23.8. The summed E-state index contributed by atoms with van der Waals surface area (Å²) in [5.41, 5.74) is 2.26. The van der Waals surface area contributed by atoms with Crippen LogP contribution < -0.4 is 15.4 Å². The Bertz CT molecular complexity index is 719. The van der Waals surface area contributed by atoms with E-state index in [1.807, 2.05) is 12.1 Å². The summed E-state index contributed by atoms with van der Waals surface area (Å²) in [7, 11) is 1.60. The minimum Gasteiger partial charge on any atom is -0.497 e. The average Bonchev–Trinajstić information content (AvgIpc) is 3.46. The molecule has 3 rings (SSSR count). The molecule has 0 heterocycles. The Morgan fingerprint density at radius 2 is 1.71 bits per heavy atom. The lowest BCUT2D eigenvalue weighted by atomic mass is 10.1. The quantitative estimate of drug-likeness (QED) is 0.858. The number of carbonyl (C=O) groups is 2. The van der Waals surface area contributed by atoms with Crippen LogP contribution >= 0.6 is 0 Å². The molecule has 2 amide bonds. The number of carbonyl (C=O) groups excluding carboxylic acids is 2. The molecule has 0 aliphatic heterocycles. The van der Waals surface area contributed by atoms with Crippen molar-refractivity contribution in [3.8, 4) is 5.75 Å². The fourth-order valence-corrected chi connectivity index (χ4v) is 2.33. The summed E-state index contributed by atoms with van der Waals surface area (Å²) in [5, 5.41) is 5.75. The number of nitrogens with one attached hydrogen (secondary N) is 2. The molecule has 0 aromatic heterocycles. The SMILES string of the molecule is COc1ccc(NC(=O)c2ccc(CNC(=O)C3CC3)cc2)cc1. The van der Waals surface area contributed by atoms with Crippen molar-refractivity contribution < 1.29 is 14.3 Å². The molecule has 0 radical (unpaired) electrons. The molecule has 0 spiro atoms. The normalized spacial score (nSPS) is 13.2. The van der Waals surface area contributed by atoms with E-state index in [2.05, 4.69) is 10.6 Å². The van der Waals surface area contributed by atoms with Crippen LogP contribution in [-0.2, 0) is 11.3 Å². The van der Waals surface area contributed by atoms with Gasteiger partial charge in [-0.15, -0.1) is 0 Å². The highest BCUT2D eigenvalue weighted by atomic mass is 16.5. The van der Waals surface area contributed by atoms with E-state index < -0.39 is 0 Å². The van der Waals surface area contributed by atoms with Gasteiger partial charge in [-0.25, -0.2) is 0 Å². The van der Waals surface area contributed by atoms with E-state index in [0.29, 0.717) is 17.8 Å². The molecule has 0 atom stereocenters. The van der Waals surface area contributed by atoms with Crippen LogP contribution in [0.4, 0.5) is 5.69 Å². The summed E-state index contributed by atoms with van der Waals surface area (Å²) < 4.78 is 5.09. The minimum absolute atomic E-state index is 0.122. The Hall–Kier alpha value is -2.82. The van der Waals surface area contributed by atoms with Crippen molar-refractivity contribution in [3.05, 3.63) is 59.7 Å². The van der Waals surface area contributed by atoms with Crippen LogP contribution in [0.15, 0.2) is 48.5 Å². The minimum atomic E-state index is -0.172. The summed E-state index contributed by atoms with van der Waals surface area (Å²) in [6.45, 7) is 0.496. The zero-order valence-electron chi connectivity index (χ0n) is 13.5. The second kappa shape index (κ2) is 7.17. The Morgan fingerprint density at radius 1 is 1.04 bits per heavy atom. The number of hydrogen-bond donors (Lipinski definition) is 2. The second-order valence-corrected chi connectivity index (χ2v) is 5.87. The van der Waals surface area contributed by atoms with Crippen LogP contribution in [-0.4, -0.2) is 18.9 Å². The van der Waals surface area contributed by atoms with E-state index in [-0.39, 0.29) is 17.7 Å². The predicted octanol–water partition coefficient (Wildman–Crippen LogP) is 2.97. The first-order valence-corrected chi connectivity index (χ1v) is 7.98. The molecule has 1 saturated carbocycles. The third-order valence-corrected chi connectivity index (χ3v) is 3.98. The van der Waals surface area contributed by atoms with Gasteiger partial charge in [0.15, 0.2) is 0 Å². The van der Waals surface area contributed by atoms with Gasteiger partial charge in [-0.3, -0.25) is 9.59 Å². The molecule has 0 saturated heterocycles. The average molecular weight is 324 g/mol. The first kappa shape index (κ1) is 16.1. The maximum atomic E-state index is 12.2. The van der Waals surface area contributed by atoms with Crippen molar-refractivity contribution in [2.45, 2.75) is 19.4 Å².